The van der Waals surface area contributed by atoms with Crippen molar-refractivity contribution in [2.24, 2.45) is 5.14 Å². The van der Waals surface area contributed by atoms with Gasteiger partial charge in [-0.2, -0.15) is 0 Å². The Kier molecular flexibility index (Phi) is 4.40. The van der Waals surface area contributed by atoms with Crippen LogP contribution in [0.5, 0.6) is 0 Å². The third kappa shape index (κ3) is 3.87. The van der Waals surface area contributed by atoms with E-state index in [1.807, 2.05) is 0 Å². The SMILES string of the molecule is Cc1cccc(C(=O)Nc2ccc(S(N)(=O)=O)cc2Br)n1. The molecule has 1 amide bonds. The number of hydrogen-bond donors (Lipinski definition) is 2. The summed E-state index contributed by atoms with van der Waals surface area (Å²) in [7, 11) is -3.78. The summed E-state index contributed by atoms with van der Waals surface area (Å²) < 4.78 is 22.9. The van der Waals surface area contributed by atoms with Crippen LogP contribution < -0.4 is 10.5 Å². The van der Waals surface area contributed by atoms with Crippen molar-refractivity contribution in [2.75, 3.05) is 5.32 Å². The molecule has 3 N–H and O–H groups in total. The maximum absolute atomic E-state index is 12.1. The van der Waals surface area contributed by atoms with Crippen LogP contribution in [0.25, 0.3) is 0 Å². The summed E-state index contributed by atoms with van der Waals surface area (Å²) in [5, 5.41) is 7.69. The number of pyridine rings is 1. The van der Waals surface area contributed by atoms with Crippen LogP contribution in [0, 0.1) is 6.92 Å². The van der Waals surface area contributed by atoms with Crippen molar-refractivity contribution in [1.82, 2.24) is 4.98 Å². The number of rotatable bonds is 3. The van der Waals surface area contributed by atoms with E-state index in [0.717, 1.165) is 5.69 Å². The summed E-state index contributed by atoms with van der Waals surface area (Å²) >= 11 is 3.20. The molecule has 0 fully saturated rings. The Morgan fingerprint density at radius 1 is 1.29 bits per heavy atom. The standard InChI is InChI=1S/C13H12BrN3O3S/c1-8-3-2-4-12(16-8)13(18)17-11-6-5-9(7-10(11)14)21(15,19)20/h2-7H,1H3,(H,17,18)(H2,15,19,20). The molecular formula is C13H12BrN3O3S. The van der Waals surface area contributed by atoms with Gasteiger partial charge in [0, 0.05) is 10.2 Å². The minimum Gasteiger partial charge on any atom is -0.320 e. The minimum atomic E-state index is -3.78. The molecule has 0 saturated carbocycles. The van der Waals surface area contributed by atoms with Gasteiger partial charge in [0.2, 0.25) is 10.0 Å². The Bertz CT molecular complexity index is 806. The summed E-state index contributed by atoms with van der Waals surface area (Å²) in [5.41, 5.74) is 1.43. The topological polar surface area (TPSA) is 102 Å². The lowest BCUT2D eigenvalue weighted by molar-refractivity contribution is 0.102. The number of sulfonamides is 1. The summed E-state index contributed by atoms with van der Waals surface area (Å²) in [4.78, 5) is 16.1. The van der Waals surface area contributed by atoms with Crippen molar-refractivity contribution in [3.8, 4) is 0 Å². The predicted octanol–water partition coefficient (Wildman–Crippen LogP) is 2.05. The molecule has 8 heteroatoms. The lowest BCUT2D eigenvalue weighted by Gasteiger charge is -2.08. The number of aromatic nitrogens is 1. The molecule has 1 aromatic carbocycles. The molecule has 0 spiro atoms. The van der Waals surface area contributed by atoms with Crippen LogP contribution >= 0.6 is 15.9 Å². The van der Waals surface area contributed by atoms with Gasteiger partial charge in [0.25, 0.3) is 5.91 Å². The van der Waals surface area contributed by atoms with Gasteiger partial charge in [-0.15, -0.1) is 0 Å². The fraction of sp³-hybridized carbons (Fsp3) is 0.0769. The van der Waals surface area contributed by atoms with E-state index in [2.05, 4.69) is 26.2 Å². The number of nitrogens with zero attached hydrogens (tertiary/aromatic N) is 1. The molecule has 110 valence electrons. The molecule has 6 nitrogen and oxygen atoms in total. The third-order valence-corrected chi connectivity index (χ3v) is 4.21. The van der Waals surface area contributed by atoms with Gasteiger partial charge < -0.3 is 5.32 Å². The maximum atomic E-state index is 12.1. The van der Waals surface area contributed by atoms with E-state index >= 15 is 0 Å². The molecule has 1 aromatic heterocycles. The normalized spacial score (nSPS) is 11.2. The van der Waals surface area contributed by atoms with Crippen molar-refractivity contribution in [1.29, 1.82) is 0 Å². The van der Waals surface area contributed by atoms with Gasteiger partial charge in [0.1, 0.15) is 5.69 Å². The van der Waals surface area contributed by atoms with Crippen molar-refractivity contribution >= 4 is 37.5 Å². The second kappa shape index (κ2) is 5.92. The third-order valence-electron chi connectivity index (χ3n) is 2.64. The van der Waals surface area contributed by atoms with Crippen LogP contribution in [0.3, 0.4) is 0 Å². The zero-order chi connectivity index (χ0) is 15.6. The second-order valence-electron chi connectivity index (χ2n) is 4.30. The van der Waals surface area contributed by atoms with Crippen molar-refractivity contribution < 1.29 is 13.2 Å². The summed E-state index contributed by atoms with van der Waals surface area (Å²) in [6.45, 7) is 1.79. The molecular weight excluding hydrogens is 358 g/mol. The molecule has 2 rings (SSSR count). The molecule has 0 saturated heterocycles. The number of amides is 1. The van der Waals surface area contributed by atoms with E-state index in [0.29, 0.717) is 10.2 Å². The first kappa shape index (κ1) is 15.6. The quantitative estimate of drug-likeness (QED) is 0.863. The van der Waals surface area contributed by atoms with Gasteiger partial charge in [-0.25, -0.2) is 18.5 Å². The number of carbonyl (C=O) groups excluding carboxylic acids is 1. The van der Waals surface area contributed by atoms with E-state index in [1.54, 1.807) is 25.1 Å². The van der Waals surface area contributed by atoms with Crippen molar-refractivity contribution in [3.63, 3.8) is 0 Å². The minimum absolute atomic E-state index is 0.0407. The molecule has 21 heavy (non-hydrogen) atoms. The number of hydrogen-bond acceptors (Lipinski definition) is 4. The van der Waals surface area contributed by atoms with Gasteiger partial charge in [-0.05, 0) is 53.2 Å². The number of benzene rings is 1. The average Bonchev–Trinajstić information content (AvgIpc) is 2.39. The van der Waals surface area contributed by atoms with Crippen LogP contribution in [0.4, 0.5) is 5.69 Å². The van der Waals surface area contributed by atoms with Gasteiger partial charge >= 0.3 is 0 Å². The number of aryl methyl sites for hydroxylation is 1. The van der Waals surface area contributed by atoms with E-state index in [1.165, 1.54) is 18.2 Å². The van der Waals surface area contributed by atoms with Crippen molar-refractivity contribution in [2.45, 2.75) is 11.8 Å². The van der Waals surface area contributed by atoms with Gasteiger partial charge in [0.15, 0.2) is 0 Å². The van der Waals surface area contributed by atoms with Crippen LogP contribution in [-0.2, 0) is 10.0 Å². The fourth-order valence-electron chi connectivity index (χ4n) is 1.63. The second-order valence-corrected chi connectivity index (χ2v) is 6.72. The van der Waals surface area contributed by atoms with Crippen LogP contribution in [0.15, 0.2) is 45.8 Å². The molecule has 0 radical (unpaired) electrons. The first-order valence-electron chi connectivity index (χ1n) is 5.85. The lowest BCUT2D eigenvalue weighted by atomic mass is 10.2. The molecule has 0 aliphatic rings. The highest BCUT2D eigenvalue weighted by atomic mass is 79.9. The van der Waals surface area contributed by atoms with E-state index < -0.39 is 10.0 Å². The Hall–Kier alpha value is -1.77. The lowest BCUT2D eigenvalue weighted by Crippen LogP contribution is -2.15. The smallest absolute Gasteiger partial charge is 0.274 e. The number of halogens is 1. The van der Waals surface area contributed by atoms with Gasteiger partial charge in [-0.1, -0.05) is 6.07 Å². The molecule has 2 aromatic rings. The molecule has 0 bridgehead atoms. The first-order valence-corrected chi connectivity index (χ1v) is 8.18. The number of carbonyl (C=O) groups is 1. The molecule has 0 unspecified atom stereocenters. The Labute approximate surface area is 130 Å². The summed E-state index contributed by atoms with van der Waals surface area (Å²) in [6.07, 6.45) is 0. The van der Waals surface area contributed by atoms with Gasteiger partial charge in [0.05, 0.1) is 10.6 Å². The molecule has 0 atom stereocenters. The fourth-order valence-corrected chi connectivity index (χ4v) is 2.80. The van der Waals surface area contributed by atoms with Gasteiger partial charge in [-0.3, -0.25) is 4.79 Å². The summed E-state index contributed by atoms with van der Waals surface area (Å²) in [5.74, 6) is -0.386. The maximum Gasteiger partial charge on any atom is 0.274 e. The Morgan fingerprint density at radius 3 is 2.57 bits per heavy atom. The molecule has 1 heterocycles. The zero-order valence-corrected chi connectivity index (χ0v) is 13.4. The highest BCUT2D eigenvalue weighted by molar-refractivity contribution is 9.10. The largest absolute Gasteiger partial charge is 0.320 e. The van der Waals surface area contributed by atoms with Crippen molar-refractivity contribution in [3.05, 3.63) is 52.3 Å². The highest BCUT2D eigenvalue weighted by Gasteiger charge is 2.13. The number of nitrogens with two attached hydrogens (primary N) is 1. The van der Waals surface area contributed by atoms with Crippen LogP contribution in [0.1, 0.15) is 16.2 Å². The van der Waals surface area contributed by atoms with E-state index in [-0.39, 0.29) is 16.5 Å². The molecule has 0 aliphatic heterocycles. The van der Waals surface area contributed by atoms with E-state index in [4.69, 9.17) is 5.14 Å². The van der Waals surface area contributed by atoms with E-state index in [9.17, 15) is 13.2 Å². The number of primary sulfonamides is 1. The number of anilines is 1. The first-order chi connectivity index (χ1) is 9.77. The highest BCUT2D eigenvalue weighted by Crippen LogP contribution is 2.25. The average molecular weight is 370 g/mol. The van der Waals surface area contributed by atoms with Crippen LogP contribution in [-0.4, -0.2) is 19.3 Å². The number of nitrogens with one attached hydrogen (secondary N) is 1. The monoisotopic (exact) mass is 369 g/mol. The van der Waals surface area contributed by atoms with Crippen LogP contribution in [0.2, 0.25) is 0 Å². The predicted molar refractivity (Wildman–Crippen MR) is 82.4 cm³/mol. The summed E-state index contributed by atoms with van der Waals surface area (Å²) in [6, 6.07) is 9.21. The molecule has 0 aliphatic carbocycles. The zero-order valence-electron chi connectivity index (χ0n) is 11.0. The Morgan fingerprint density at radius 2 is 2.00 bits per heavy atom. The Balaban J connectivity index is 2.26.